The van der Waals surface area contributed by atoms with E-state index in [9.17, 15) is 8.78 Å². The Balaban J connectivity index is 2.33. The van der Waals surface area contributed by atoms with Crippen molar-refractivity contribution in [2.24, 2.45) is 7.05 Å². The van der Waals surface area contributed by atoms with Crippen LogP contribution in [0, 0.1) is 0 Å². The zero-order valence-corrected chi connectivity index (χ0v) is 13.3. The van der Waals surface area contributed by atoms with Crippen molar-refractivity contribution in [1.82, 2.24) is 24.5 Å². The van der Waals surface area contributed by atoms with Gasteiger partial charge >= 0.3 is 0 Å². The predicted octanol–water partition coefficient (Wildman–Crippen LogP) is 3.06. The van der Waals surface area contributed by atoms with E-state index in [0.29, 0.717) is 16.1 Å². The molecule has 0 saturated heterocycles. The third-order valence-electron chi connectivity index (χ3n) is 2.76. The first kappa shape index (κ1) is 15.1. The second-order valence-electron chi connectivity index (χ2n) is 5.63. The SMILES string of the molecule is Cn1cc(Cn2nc(C(C)(C)C)nc2Br)c(C(F)F)n1. The quantitative estimate of drug-likeness (QED) is 0.857. The summed E-state index contributed by atoms with van der Waals surface area (Å²) in [5.74, 6) is 0.659. The molecule has 2 aromatic rings. The van der Waals surface area contributed by atoms with Crippen LogP contribution in [0.2, 0.25) is 0 Å². The first-order valence-electron chi connectivity index (χ1n) is 6.10. The fourth-order valence-corrected chi connectivity index (χ4v) is 2.14. The molecular formula is C12H16BrF2N5. The molecule has 0 aliphatic rings. The summed E-state index contributed by atoms with van der Waals surface area (Å²) in [6.07, 6.45) is -1.03. The molecule has 0 spiro atoms. The topological polar surface area (TPSA) is 48.5 Å². The summed E-state index contributed by atoms with van der Waals surface area (Å²) < 4.78 is 29.3. The largest absolute Gasteiger partial charge is 0.282 e. The number of aryl methyl sites for hydroxylation is 1. The monoisotopic (exact) mass is 347 g/mol. The lowest BCUT2D eigenvalue weighted by atomic mass is 9.96. The Kier molecular flexibility index (Phi) is 3.95. The summed E-state index contributed by atoms with van der Waals surface area (Å²) in [5, 5.41) is 8.14. The molecule has 0 bridgehead atoms. The van der Waals surface area contributed by atoms with E-state index in [-0.39, 0.29) is 17.7 Å². The molecule has 0 aromatic carbocycles. The molecule has 0 radical (unpaired) electrons. The lowest BCUT2D eigenvalue weighted by Crippen LogP contribution is -2.14. The Bertz CT molecular complexity index is 612. The number of alkyl halides is 2. The number of halogens is 3. The number of hydrogen-bond acceptors (Lipinski definition) is 3. The molecule has 0 saturated carbocycles. The molecule has 0 atom stereocenters. The highest BCUT2D eigenvalue weighted by atomic mass is 79.9. The highest BCUT2D eigenvalue weighted by molar-refractivity contribution is 9.10. The van der Waals surface area contributed by atoms with Gasteiger partial charge in [-0.1, -0.05) is 20.8 Å². The van der Waals surface area contributed by atoms with Crippen LogP contribution in [0.1, 0.15) is 44.3 Å². The van der Waals surface area contributed by atoms with Gasteiger partial charge in [0.2, 0.25) is 0 Å². The standard InChI is InChI=1S/C12H16BrF2N5/c1-12(2,3)10-16-11(13)20(18-10)6-7-5-19(4)17-8(7)9(14)15/h5,9H,6H2,1-4H3. The molecule has 2 rings (SSSR count). The van der Waals surface area contributed by atoms with Crippen LogP contribution in [-0.2, 0) is 19.0 Å². The average Bonchev–Trinajstić information content (AvgIpc) is 2.83. The first-order valence-corrected chi connectivity index (χ1v) is 6.89. The van der Waals surface area contributed by atoms with Crippen molar-refractivity contribution < 1.29 is 8.78 Å². The van der Waals surface area contributed by atoms with Crippen LogP contribution in [0.3, 0.4) is 0 Å². The molecular weight excluding hydrogens is 332 g/mol. The van der Waals surface area contributed by atoms with Gasteiger partial charge in [-0.3, -0.25) is 4.68 Å². The van der Waals surface area contributed by atoms with Crippen LogP contribution < -0.4 is 0 Å². The number of nitrogens with zero attached hydrogens (tertiary/aromatic N) is 5. The normalized spacial score (nSPS) is 12.4. The van der Waals surface area contributed by atoms with Crippen molar-refractivity contribution in [1.29, 1.82) is 0 Å². The Morgan fingerprint density at radius 1 is 1.30 bits per heavy atom. The van der Waals surface area contributed by atoms with Gasteiger partial charge in [-0.05, 0) is 15.9 Å². The van der Waals surface area contributed by atoms with Gasteiger partial charge in [-0.2, -0.15) is 10.2 Å². The minimum absolute atomic E-state index is 0.200. The van der Waals surface area contributed by atoms with Crippen LogP contribution >= 0.6 is 15.9 Å². The van der Waals surface area contributed by atoms with Gasteiger partial charge in [-0.25, -0.2) is 18.4 Å². The highest BCUT2D eigenvalue weighted by Crippen LogP contribution is 2.24. The van der Waals surface area contributed by atoms with Gasteiger partial charge in [0.15, 0.2) is 10.6 Å². The molecule has 0 unspecified atom stereocenters. The highest BCUT2D eigenvalue weighted by Gasteiger charge is 2.23. The summed E-state index contributed by atoms with van der Waals surface area (Å²) in [6.45, 7) is 6.19. The van der Waals surface area contributed by atoms with Crippen LogP contribution in [0.4, 0.5) is 8.78 Å². The van der Waals surface area contributed by atoms with Gasteiger partial charge in [0, 0.05) is 24.2 Å². The van der Waals surface area contributed by atoms with Crippen molar-refractivity contribution in [3.8, 4) is 0 Å². The van der Waals surface area contributed by atoms with E-state index in [0.717, 1.165) is 0 Å². The van der Waals surface area contributed by atoms with Crippen LogP contribution in [0.25, 0.3) is 0 Å². The fourth-order valence-electron chi connectivity index (χ4n) is 1.76. The van der Waals surface area contributed by atoms with Crippen molar-refractivity contribution in [3.63, 3.8) is 0 Å². The molecule has 5 nitrogen and oxygen atoms in total. The maximum Gasteiger partial charge on any atom is 0.282 e. The summed E-state index contributed by atoms with van der Waals surface area (Å²) >= 11 is 3.31. The van der Waals surface area contributed by atoms with E-state index in [1.54, 1.807) is 17.9 Å². The van der Waals surface area contributed by atoms with Crippen molar-refractivity contribution in [2.45, 2.75) is 39.2 Å². The smallest absolute Gasteiger partial charge is 0.275 e. The summed E-state index contributed by atoms with van der Waals surface area (Å²) in [6, 6.07) is 0. The van der Waals surface area contributed by atoms with Gasteiger partial charge in [0.25, 0.3) is 6.43 Å². The molecule has 0 N–H and O–H groups in total. The lowest BCUT2D eigenvalue weighted by Gasteiger charge is -2.12. The third kappa shape index (κ3) is 3.05. The Morgan fingerprint density at radius 2 is 1.95 bits per heavy atom. The molecule has 8 heteroatoms. The first-order chi connectivity index (χ1) is 9.18. The fraction of sp³-hybridized carbons (Fsp3) is 0.583. The van der Waals surface area contributed by atoms with Crippen molar-refractivity contribution in [3.05, 3.63) is 28.0 Å². The van der Waals surface area contributed by atoms with E-state index >= 15 is 0 Å². The minimum atomic E-state index is -2.60. The van der Waals surface area contributed by atoms with Crippen LogP contribution in [0.5, 0.6) is 0 Å². The van der Waals surface area contributed by atoms with E-state index in [2.05, 4.69) is 31.1 Å². The van der Waals surface area contributed by atoms with Gasteiger partial charge in [-0.15, -0.1) is 0 Å². The molecule has 0 aliphatic heterocycles. The Labute approximate surface area is 124 Å². The summed E-state index contributed by atoms with van der Waals surface area (Å²) in [5.41, 5.74) is 0.0228. The predicted molar refractivity (Wildman–Crippen MR) is 73.7 cm³/mol. The number of hydrogen-bond donors (Lipinski definition) is 0. The number of aromatic nitrogens is 5. The minimum Gasteiger partial charge on any atom is -0.275 e. The van der Waals surface area contributed by atoms with Crippen LogP contribution in [-0.4, -0.2) is 24.5 Å². The maximum atomic E-state index is 12.9. The second-order valence-corrected chi connectivity index (χ2v) is 6.34. The zero-order valence-electron chi connectivity index (χ0n) is 11.7. The van der Waals surface area contributed by atoms with Gasteiger partial charge in [0.1, 0.15) is 5.69 Å². The van der Waals surface area contributed by atoms with Crippen LogP contribution in [0.15, 0.2) is 10.9 Å². The molecule has 20 heavy (non-hydrogen) atoms. The molecule has 0 amide bonds. The van der Waals surface area contributed by atoms with E-state index in [1.165, 1.54) is 4.68 Å². The third-order valence-corrected chi connectivity index (χ3v) is 3.35. The van der Waals surface area contributed by atoms with Crippen molar-refractivity contribution >= 4 is 15.9 Å². The van der Waals surface area contributed by atoms with Crippen molar-refractivity contribution in [2.75, 3.05) is 0 Å². The second kappa shape index (κ2) is 5.23. The van der Waals surface area contributed by atoms with Gasteiger partial charge < -0.3 is 0 Å². The summed E-state index contributed by atoms with van der Waals surface area (Å²) in [4.78, 5) is 4.31. The molecule has 2 heterocycles. The Morgan fingerprint density at radius 3 is 2.45 bits per heavy atom. The zero-order chi connectivity index (χ0) is 15.1. The maximum absolute atomic E-state index is 12.9. The number of rotatable bonds is 3. The van der Waals surface area contributed by atoms with E-state index < -0.39 is 6.43 Å². The molecule has 0 aliphatic carbocycles. The van der Waals surface area contributed by atoms with E-state index in [4.69, 9.17) is 0 Å². The van der Waals surface area contributed by atoms with E-state index in [1.807, 2.05) is 20.8 Å². The molecule has 110 valence electrons. The Hall–Kier alpha value is -1.31. The lowest BCUT2D eigenvalue weighted by molar-refractivity contribution is 0.144. The average molecular weight is 348 g/mol. The molecule has 0 fully saturated rings. The van der Waals surface area contributed by atoms with Gasteiger partial charge in [0.05, 0.1) is 6.54 Å². The molecule has 2 aromatic heterocycles. The summed E-state index contributed by atoms with van der Waals surface area (Å²) in [7, 11) is 1.62.